The first-order chi connectivity index (χ1) is 13.5. The summed E-state index contributed by atoms with van der Waals surface area (Å²) in [5.41, 5.74) is 1.20. The van der Waals surface area contributed by atoms with Crippen LogP contribution in [0.15, 0.2) is 40.1 Å². The van der Waals surface area contributed by atoms with Gasteiger partial charge in [-0.3, -0.25) is 19.1 Å². The molecule has 4 rings (SSSR count). The Morgan fingerprint density at radius 3 is 2.86 bits per heavy atom. The number of carbonyl (C=O) groups is 1. The summed E-state index contributed by atoms with van der Waals surface area (Å²) in [7, 11) is 1.53. The molecule has 8 heteroatoms. The minimum Gasteiger partial charge on any atom is -0.383 e. The van der Waals surface area contributed by atoms with Crippen LogP contribution in [-0.4, -0.2) is 34.0 Å². The second-order valence-electron chi connectivity index (χ2n) is 6.84. The minimum absolute atomic E-state index is 0.0744. The van der Waals surface area contributed by atoms with Crippen molar-refractivity contribution in [3.8, 4) is 0 Å². The summed E-state index contributed by atoms with van der Waals surface area (Å²) in [4.78, 5) is 44.3. The van der Waals surface area contributed by atoms with Gasteiger partial charge in [-0.05, 0) is 35.6 Å². The normalized spacial score (nSPS) is 16.4. The Balaban J connectivity index is 1.91. The summed E-state index contributed by atoms with van der Waals surface area (Å²) in [6, 6.07) is 7.39. The van der Waals surface area contributed by atoms with E-state index in [9.17, 15) is 14.4 Å². The maximum absolute atomic E-state index is 12.8. The Kier molecular flexibility index (Phi) is 4.87. The minimum atomic E-state index is -0.546. The topological polar surface area (TPSA) is 94.1 Å². The number of Topliss-reactive ketones (excluding diaryl/α,β-unsaturated/α-hetero) is 1. The van der Waals surface area contributed by atoms with Gasteiger partial charge in [-0.25, -0.2) is 9.78 Å². The van der Waals surface area contributed by atoms with Crippen molar-refractivity contribution in [3.05, 3.63) is 73.0 Å². The third-order valence-corrected chi connectivity index (χ3v) is 5.37. The molecule has 0 bridgehead atoms. The first kappa shape index (κ1) is 18.6. The quantitative estimate of drug-likeness (QED) is 0.726. The van der Waals surface area contributed by atoms with Gasteiger partial charge in [0.1, 0.15) is 5.65 Å². The van der Waals surface area contributed by atoms with E-state index in [1.165, 1.54) is 17.9 Å². The van der Waals surface area contributed by atoms with Gasteiger partial charge >= 0.3 is 5.69 Å². The molecule has 0 radical (unpaired) electrons. The van der Waals surface area contributed by atoms with Crippen LogP contribution in [0.4, 0.5) is 0 Å². The largest absolute Gasteiger partial charge is 0.383 e. The lowest BCUT2D eigenvalue weighted by atomic mass is 9.79. The SMILES string of the molecule is COCCn1c(=O)[nH]c(=O)c2c3c(cnc21)C(=O)CC(c1cccc(Cl)c1)C3. The highest BCUT2D eigenvalue weighted by atomic mass is 35.5. The highest BCUT2D eigenvalue weighted by Gasteiger charge is 2.30. The number of fused-ring (bicyclic) bond motifs is 3. The molecule has 1 atom stereocenters. The number of nitrogens with zero attached hydrogens (tertiary/aromatic N) is 2. The number of halogens is 1. The number of benzene rings is 1. The third-order valence-electron chi connectivity index (χ3n) is 5.14. The van der Waals surface area contributed by atoms with Crippen molar-refractivity contribution in [1.82, 2.24) is 14.5 Å². The number of carbonyl (C=O) groups excluding carboxylic acids is 1. The molecule has 2 aromatic heterocycles. The van der Waals surface area contributed by atoms with Gasteiger partial charge in [0.05, 0.1) is 18.5 Å². The fourth-order valence-corrected chi connectivity index (χ4v) is 3.99. The molecule has 0 saturated carbocycles. The van der Waals surface area contributed by atoms with Crippen molar-refractivity contribution in [1.29, 1.82) is 0 Å². The number of H-pyrrole nitrogens is 1. The van der Waals surface area contributed by atoms with Gasteiger partial charge < -0.3 is 4.74 Å². The van der Waals surface area contributed by atoms with Crippen molar-refractivity contribution in [2.24, 2.45) is 0 Å². The van der Waals surface area contributed by atoms with Crippen LogP contribution < -0.4 is 11.2 Å². The summed E-state index contributed by atoms with van der Waals surface area (Å²) >= 11 is 6.11. The number of aromatic nitrogens is 3. The molecule has 1 unspecified atom stereocenters. The summed E-state index contributed by atoms with van der Waals surface area (Å²) < 4.78 is 6.42. The number of hydrogen-bond donors (Lipinski definition) is 1. The van der Waals surface area contributed by atoms with E-state index in [1.807, 2.05) is 18.2 Å². The lowest BCUT2D eigenvalue weighted by Crippen LogP contribution is -2.33. The van der Waals surface area contributed by atoms with Crippen LogP contribution in [0, 0.1) is 0 Å². The molecule has 1 N–H and O–H groups in total. The predicted molar refractivity (Wildman–Crippen MR) is 105 cm³/mol. The Hall–Kier alpha value is -2.77. The van der Waals surface area contributed by atoms with Crippen LogP contribution in [0.25, 0.3) is 11.0 Å². The number of rotatable bonds is 4. The van der Waals surface area contributed by atoms with Crippen LogP contribution in [0.2, 0.25) is 5.02 Å². The van der Waals surface area contributed by atoms with Crippen LogP contribution >= 0.6 is 11.6 Å². The molecule has 1 aromatic carbocycles. The van der Waals surface area contributed by atoms with E-state index >= 15 is 0 Å². The molecule has 0 saturated heterocycles. The highest BCUT2D eigenvalue weighted by molar-refractivity contribution is 6.30. The lowest BCUT2D eigenvalue weighted by molar-refractivity contribution is 0.0964. The van der Waals surface area contributed by atoms with E-state index in [-0.39, 0.29) is 29.3 Å². The molecule has 0 spiro atoms. The van der Waals surface area contributed by atoms with Crippen molar-refractivity contribution in [3.63, 3.8) is 0 Å². The third kappa shape index (κ3) is 3.16. The zero-order valence-corrected chi connectivity index (χ0v) is 16.0. The Bertz CT molecular complexity index is 1200. The second-order valence-corrected chi connectivity index (χ2v) is 7.27. The molecule has 144 valence electrons. The van der Waals surface area contributed by atoms with Gasteiger partial charge in [0.2, 0.25) is 0 Å². The second kappa shape index (κ2) is 7.33. The average Bonchev–Trinajstić information content (AvgIpc) is 2.67. The molecule has 2 heterocycles. The number of pyridine rings is 1. The first-order valence-corrected chi connectivity index (χ1v) is 9.29. The standard InChI is InChI=1S/C20H18ClN3O4/c1-28-6-5-24-18-17(19(26)23-20(24)27)14-8-12(9-16(25)15(14)10-22-18)11-3-2-4-13(21)7-11/h2-4,7,10,12H,5-6,8-9H2,1H3,(H,23,26,27). The number of ether oxygens (including phenoxy) is 1. The monoisotopic (exact) mass is 399 g/mol. The van der Waals surface area contributed by atoms with Gasteiger partial charge in [0.15, 0.2) is 5.78 Å². The number of nitrogens with one attached hydrogen (secondary N) is 1. The van der Waals surface area contributed by atoms with E-state index in [4.69, 9.17) is 16.3 Å². The van der Waals surface area contributed by atoms with Crippen molar-refractivity contribution in [2.75, 3.05) is 13.7 Å². The predicted octanol–water partition coefficient (Wildman–Crippen LogP) is 2.30. The number of aromatic amines is 1. The van der Waals surface area contributed by atoms with Crippen molar-refractivity contribution >= 4 is 28.4 Å². The van der Waals surface area contributed by atoms with Crippen LogP contribution in [0.5, 0.6) is 0 Å². The van der Waals surface area contributed by atoms with Crippen LogP contribution in [-0.2, 0) is 17.7 Å². The molecular weight excluding hydrogens is 382 g/mol. The fraction of sp³-hybridized carbons (Fsp3) is 0.300. The van der Waals surface area contributed by atoms with E-state index in [1.54, 1.807) is 6.07 Å². The number of methoxy groups -OCH3 is 1. The molecule has 7 nitrogen and oxygen atoms in total. The van der Waals surface area contributed by atoms with E-state index in [0.717, 1.165) is 5.56 Å². The molecule has 0 amide bonds. The van der Waals surface area contributed by atoms with Crippen LogP contribution in [0.1, 0.15) is 33.8 Å². The molecule has 0 aliphatic heterocycles. The summed E-state index contributed by atoms with van der Waals surface area (Å²) in [6.45, 7) is 0.546. The highest BCUT2D eigenvalue weighted by Crippen LogP contribution is 2.35. The zero-order valence-electron chi connectivity index (χ0n) is 15.2. The number of ketones is 1. The summed E-state index contributed by atoms with van der Waals surface area (Å²) in [5.74, 6) is -0.169. The maximum Gasteiger partial charge on any atom is 0.330 e. The van der Waals surface area contributed by atoms with E-state index in [0.29, 0.717) is 35.6 Å². The summed E-state index contributed by atoms with van der Waals surface area (Å²) in [6.07, 6.45) is 2.28. The zero-order chi connectivity index (χ0) is 19.8. The van der Waals surface area contributed by atoms with Gasteiger partial charge in [-0.2, -0.15) is 0 Å². The van der Waals surface area contributed by atoms with E-state index < -0.39 is 11.2 Å². The first-order valence-electron chi connectivity index (χ1n) is 8.92. The molecule has 28 heavy (non-hydrogen) atoms. The smallest absolute Gasteiger partial charge is 0.330 e. The number of hydrogen-bond acceptors (Lipinski definition) is 5. The van der Waals surface area contributed by atoms with Gasteiger partial charge in [-0.1, -0.05) is 23.7 Å². The average molecular weight is 400 g/mol. The molecule has 3 aromatic rings. The Labute approximate surface area is 164 Å². The fourth-order valence-electron chi connectivity index (χ4n) is 3.80. The molecular formula is C20H18ClN3O4. The molecule has 1 aliphatic carbocycles. The maximum atomic E-state index is 12.8. The lowest BCUT2D eigenvalue weighted by Gasteiger charge is -2.25. The van der Waals surface area contributed by atoms with Gasteiger partial charge in [0, 0.05) is 30.3 Å². The molecule has 0 fully saturated rings. The van der Waals surface area contributed by atoms with Crippen LogP contribution in [0.3, 0.4) is 0 Å². The van der Waals surface area contributed by atoms with Gasteiger partial charge in [-0.15, -0.1) is 0 Å². The van der Waals surface area contributed by atoms with E-state index in [2.05, 4.69) is 9.97 Å². The molecule has 1 aliphatic rings. The Morgan fingerprint density at radius 2 is 2.11 bits per heavy atom. The summed E-state index contributed by atoms with van der Waals surface area (Å²) in [5, 5.41) is 0.884. The van der Waals surface area contributed by atoms with Gasteiger partial charge in [0.25, 0.3) is 5.56 Å². The Morgan fingerprint density at radius 1 is 1.29 bits per heavy atom. The van der Waals surface area contributed by atoms with Crippen molar-refractivity contribution < 1.29 is 9.53 Å². The van der Waals surface area contributed by atoms with Crippen molar-refractivity contribution in [2.45, 2.75) is 25.3 Å².